The summed E-state index contributed by atoms with van der Waals surface area (Å²) in [6.45, 7) is 3.43. The Morgan fingerprint density at radius 2 is 1.91 bits per heavy atom. The summed E-state index contributed by atoms with van der Waals surface area (Å²) >= 11 is 0. The second-order valence-electron chi connectivity index (χ2n) is 5.31. The number of halogens is 3. The third-order valence-corrected chi connectivity index (χ3v) is 3.36. The number of rotatable bonds is 7. The number of nitrogens with zero attached hydrogens (tertiary/aromatic N) is 3. The normalized spacial score (nSPS) is 11.6. The summed E-state index contributed by atoms with van der Waals surface area (Å²) in [4.78, 5) is 24.2. The van der Waals surface area contributed by atoms with Crippen molar-refractivity contribution in [2.45, 2.75) is 46.3 Å². The lowest BCUT2D eigenvalue weighted by Crippen LogP contribution is -2.37. The number of alkyl halides is 3. The summed E-state index contributed by atoms with van der Waals surface area (Å²) in [5.41, 5.74) is 1.01. The van der Waals surface area contributed by atoms with Gasteiger partial charge in [0.2, 0.25) is 5.91 Å². The fraction of sp³-hybridized carbons (Fsp3) is 0.643. The molecule has 0 aliphatic heterocycles. The minimum absolute atomic E-state index is 0.164. The molecule has 0 aromatic carbocycles. The molecule has 1 N–H and O–H groups in total. The van der Waals surface area contributed by atoms with E-state index in [-0.39, 0.29) is 18.7 Å². The standard InChI is InChI=1S/C14H20F3N3O3/c1-4-5-19(7-13(22)23)12(21)6-11-9(2)18-20(10(11)3)8-14(15,16)17/h4-8H2,1-3H3,(H,22,23). The quantitative estimate of drug-likeness (QED) is 0.826. The second-order valence-corrected chi connectivity index (χ2v) is 5.31. The number of aryl methyl sites for hydroxylation is 1. The van der Waals surface area contributed by atoms with Crippen LogP contribution in [0.1, 0.15) is 30.3 Å². The molecule has 1 rings (SSSR count). The molecule has 6 nitrogen and oxygen atoms in total. The molecule has 0 radical (unpaired) electrons. The monoisotopic (exact) mass is 335 g/mol. The van der Waals surface area contributed by atoms with Gasteiger partial charge in [0.05, 0.1) is 12.1 Å². The number of carbonyl (C=O) groups excluding carboxylic acids is 1. The SMILES string of the molecule is CCCN(CC(=O)O)C(=O)Cc1c(C)nn(CC(F)(F)F)c1C. The van der Waals surface area contributed by atoms with E-state index in [0.29, 0.717) is 17.7 Å². The van der Waals surface area contributed by atoms with E-state index in [0.717, 1.165) is 4.68 Å². The molecule has 0 aliphatic carbocycles. The Hall–Kier alpha value is -2.06. The molecule has 0 atom stereocenters. The smallest absolute Gasteiger partial charge is 0.408 e. The zero-order valence-corrected chi connectivity index (χ0v) is 13.3. The molecule has 0 fully saturated rings. The predicted octanol–water partition coefficient (Wildman–Crippen LogP) is 1.93. The van der Waals surface area contributed by atoms with Gasteiger partial charge in [0, 0.05) is 17.8 Å². The van der Waals surface area contributed by atoms with Crippen molar-refractivity contribution < 1.29 is 27.9 Å². The van der Waals surface area contributed by atoms with Crippen molar-refractivity contribution in [3.8, 4) is 0 Å². The number of aromatic nitrogens is 2. The predicted molar refractivity (Wildman–Crippen MR) is 76.0 cm³/mol. The molecule has 0 saturated carbocycles. The molecule has 1 aromatic rings. The lowest BCUT2D eigenvalue weighted by Gasteiger charge is -2.20. The maximum atomic E-state index is 12.5. The fourth-order valence-corrected chi connectivity index (χ4v) is 2.30. The van der Waals surface area contributed by atoms with E-state index in [1.165, 1.54) is 18.7 Å². The molecule has 0 bridgehead atoms. The van der Waals surface area contributed by atoms with E-state index >= 15 is 0 Å². The van der Waals surface area contributed by atoms with Crippen LogP contribution < -0.4 is 0 Å². The molecule has 0 spiro atoms. The number of carbonyl (C=O) groups is 2. The molecule has 1 heterocycles. The zero-order valence-electron chi connectivity index (χ0n) is 13.3. The lowest BCUT2D eigenvalue weighted by atomic mass is 10.1. The first-order valence-electron chi connectivity index (χ1n) is 7.14. The van der Waals surface area contributed by atoms with Gasteiger partial charge < -0.3 is 10.0 Å². The summed E-state index contributed by atoms with van der Waals surface area (Å²) in [6, 6.07) is 0. The minimum Gasteiger partial charge on any atom is -0.480 e. The molecule has 0 unspecified atom stereocenters. The van der Waals surface area contributed by atoms with Crippen LogP contribution >= 0.6 is 0 Å². The minimum atomic E-state index is -4.40. The average molecular weight is 335 g/mol. The Labute approximate surface area is 131 Å². The highest BCUT2D eigenvalue weighted by Gasteiger charge is 2.30. The maximum Gasteiger partial charge on any atom is 0.408 e. The van der Waals surface area contributed by atoms with Gasteiger partial charge in [0.15, 0.2) is 0 Å². The molecule has 130 valence electrons. The van der Waals surface area contributed by atoms with Crippen LogP contribution in [0.4, 0.5) is 13.2 Å². The molecule has 1 amide bonds. The van der Waals surface area contributed by atoms with E-state index in [1.807, 2.05) is 0 Å². The Bertz CT molecular complexity index is 582. The van der Waals surface area contributed by atoms with Gasteiger partial charge in [-0.2, -0.15) is 18.3 Å². The topological polar surface area (TPSA) is 75.4 Å². The average Bonchev–Trinajstić information content (AvgIpc) is 2.63. The molecule has 23 heavy (non-hydrogen) atoms. The van der Waals surface area contributed by atoms with Crippen LogP contribution in [0.25, 0.3) is 0 Å². The summed E-state index contributed by atoms with van der Waals surface area (Å²) in [7, 11) is 0. The Kier molecular flexibility index (Phi) is 6.17. The van der Waals surface area contributed by atoms with Crippen LogP contribution in [0.3, 0.4) is 0 Å². The van der Waals surface area contributed by atoms with Gasteiger partial charge in [0.25, 0.3) is 0 Å². The Morgan fingerprint density at radius 1 is 1.30 bits per heavy atom. The van der Waals surface area contributed by atoms with Gasteiger partial charge in [-0.15, -0.1) is 0 Å². The third-order valence-electron chi connectivity index (χ3n) is 3.36. The van der Waals surface area contributed by atoms with Crippen molar-refractivity contribution in [2.24, 2.45) is 0 Å². The van der Waals surface area contributed by atoms with Gasteiger partial charge in [-0.05, 0) is 20.3 Å². The molecule has 9 heteroatoms. The molecule has 0 aliphatic rings. The van der Waals surface area contributed by atoms with Crippen LogP contribution in [0, 0.1) is 13.8 Å². The highest BCUT2D eigenvalue weighted by molar-refractivity contribution is 5.83. The van der Waals surface area contributed by atoms with Gasteiger partial charge in [-0.3, -0.25) is 14.3 Å². The van der Waals surface area contributed by atoms with Gasteiger partial charge in [-0.1, -0.05) is 6.92 Å². The fourth-order valence-electron chi connectivity index (χ4n) is 2.30. The number of carboxylic acid groups (broad SMARTS) is 1. The van der Waals surface area contributed by atoms with Crippen LogP contribution in [-0.2, 0) is 22.6 Å². The van der Waals surface area contributed by atoms with E-state index in [4.69, 9.17) is 5.11 Å². The highest BCUT2D eigenvalue weighted by atomic mass is 19.4. The summed E-state index contributed by atoms with van der Waals surface area (Å²) in [5.74, 6) is -1.57. The Morgan fingerprint density at radius 3 is 2.39 bits per heavy atom. The number of carboxylic acids is 1. The number of aliphatic carboxylic acids is 1. The summed E-state index contributed by atoms with van der Waals surface area (Å²) < 4.78 is 38.3. The van der Waals surface area contributed by atoms with Gasteiger partial charge in [-0.25, -0.2) is 0 Å². The zero-order chi connectivity index (χ0) is 17.8. The third kappa shape index (κ3) is 5.57. The van der Waals surface area contributed by atoms with Crippen molar-refractivity contribution >= 4 is 11.9 Å². The maximum absolute atomic E-state index is 12.5. The number of hydrogen-bond acceptors (Lipinski definition) is 3. The summed E-state index contributed by atoms with van der Waals surface area (Å²) in [6.07, 6.45) is -3.98. The van der Waals surface area contributed by atoms with Crippen LogP contribution in [0.2, 0.25) is 0 Å². The van der Waals surface area contributed by atoms with Crippen LogP contribution in [-0.4, -0.2) is 50.9 Å². The van der Waals surface area contributed by atoms with E-state index in [2.05, 4.69) is 5.10 Å². The number of hydrogen-bond donors (Lipinski definition) is 1. The first kappa shape index (κ1) is 19.0. The van der Waals surface area contributed by atoms with Crippen molar-refractivity contribution in [3.05, 3.63) is 17.0 Å². The molecule has 0 saturated heterocycles. The van der Waals surface area contributed by atoms with Crippen LogP contribution in [0.5, 0.6) is 0 Å². The van der Waals surface area contributed by atoms with Gasteiger partial charge >= 0.3 is 12.1 Å². The van der Waals surface area contributed by atoms with E-state index in [1.54, 1.807) is 6.92 Å². The summed E-state index contributed by atoms with van der Waals surface area (Å²) in [5, 5.41) is 12.7. The largest absolute Gasteiger partial charge is 0.480 e. The van der Waals surface area contributed by atoms with Crippen molar-refractivity contribution in [3.63, 3.8) is 0 Å². The van der Waals surface area contributed by atoms with Crippen molar-refractivity contribution in [1.29, 1.82) is 0 Å². The first-order valence-corrected chi connectivity index (χ1v) is 7.14. The number of amides is 1. The highest BCUT2D eigenvalue weighted by Crippen LogP contribution is 2.21. The second kappa shape index (κ2) is 7.47. The van der Waals surface area contributed by atoms with E-state index < -0.39 is 31.1 Å². The molecular formula is C14H20F3N3O3. The molecule has 1 aromatic heterocycles. The lowest BCUT2D eigenvalue weighted by molar-refractivity contribution is -0.144. The van der Waals surface area contributed by atoms with Crippen molar-refractivity contribution in [2.75, 3.05) is 13.1 Å². The van der Waals surface area contributed by atoms with Gasteiger partial charge in [0.1, 0.15) is 13.1 Å². The molecular weight excluding hydrogens is 315 g/mol. The first-order chi connectivity index (χ1) is 10.5. The van der Waals surface area contributed by atoms with E-state index in [9.17, 15) is 22.8 Å². The van der Waals surface area contributed by atoms with Crippen LogP contribution in [0.15, 0.2) is 0 Å². The Balaban J connectivity index is 2.95. The van der Waals surface area contributed by atoms with Crippen molar-refractivity contribution in [1.82, 2.24) is 14.7 Å².